The maximum atomic E-state index is 9.83. The van der Waals surface area contributed by atoms with Crippen LogP contribution in [0.25, 0.3) is 22.2 Å². The summed E-state index contributed by atoms with van der Waals surface area (Å²) in [5, 5.41) is 19.7. The third kappa shape index (κ3) is 9.80. The highest BCUT2D eigenvalue weighted by atomic mass is 35.5. The lowest BCUT2D eigenvalue weighted by molar-refractivity contribution is 0.173. The van der Waals surface area contributed by atoms with Crippen molar-refractivity contribution in [2.75, 3.05) is 39.8 Å². The number of rotatable bonds is 17. The van der Waals surface area contributed by atoms with Crippen LogP contribution in [0.1, 0.15) is 52.0 Å². The summed E-state index contributed by atoms with van der Waals surface area (Å²) in [5.74, 6) is 3.07. The summed E-state index contributed by atoms with van der Waals surface area (Å²) in [5.41, 5.74) is 9.79. The first kappa shape index (κ1) is 40.7. The Hall–Kier alpha value is -5.44. The fourth-order valence-electron chi connectivity index (χ4n) is 7.65. The molecular weight excluding hydrogens is 748 g/mol. The number of nitrogens with zero attached hydrogens (tertiary/aromatic N) is 6. The molecule has 1 saturated heterocycles. The second kappa shape index (κ2) is 18.9. The van der Waals surface area contributed by atoms with Crippen molar-refractivity contribution in [2.45, 2.75) is 59.0 Å². The third-order valence-corrected chi connectivity index (χ3v) is 11.3. The van der Waals surface area contributed by atoms with E-state index in [0.717, 1.165) is 107 Å². The summed E-state index contributed by atoms with van der Waals surface area (Å²) in [6.07, 6.45) is 5.58. The largest absolute Gasteiger partial charge is 0.493 e. The highest BCUT2D eigenvalue weighted by Crippen LogP contribution is 2.37. The molecule has 4 aromatic carbocycles. The molecule has 0 unspecified atom stereocenters. The summed E-state index contributed by atoms with van der Waals surface area (Å²) < 4.78 is 21.3. The number of imidazole rings is 1. The highest BCUT2D eigenvalue weighted by Gasteiger charge is 2.20. The van der Waals surface area contributed by atoms with Crippen LogP contribution in [0.5, 0.6) is 17.2 Å². The van der Waals surface area contributed by atoms with Crippen molar-refractivity contribution in [3.63, 3.8) is 0 Å². The summed E-state index contributed by atoms with van der Waals surface area (Å²) in [6, 6.07) is 28.4. The molecule has 1 atom stereocenters. The number of aliphatic hydroxyl groups excluding tert-OH is 1. The lowest BCUT2D eigenvalue weighted by Gasteiger charge is -2.21. The van der Waals surface area contributed by atoms with Crippen LogP contribution in [-0.2, 0) is 33.2 Å². The Morgan fingerprint density at radius 3 is 2.48 bits per heavy atom. The number of aromatic nitrogens is 3. The molecule has 300 valence electrons. The predicted octanol–water partition coefficient (Wildman–Crippen LogP) is 8.45. The summed E-state index contributed by atoms with van der Waals surface area (Å²) in [7, 11) is 4.14. The van der Waals surface area contributed by atoms with Crippen LogP contribution in [0.2, 0.25) is 5.02 Å². The van der Waals surface area contributed by atoms with Crippen LogP contribution in [-0.4, -0.2) is 75.4 Å². The average molecular weight is 799 g/mol. The number of para-hydroxylation sites is 2. The molecule has 11 heteroatoms. The van der Waals surface area contributed by atoms with Gasteiger partial charge in [-0.15, -0.1) is 0 Å². The smallest absolute Gasteiger partial charge is 0.142 e. The van der Waals surface area contributed by atoms with Crippen molar-refractivity contribution in [3.8, 4) is 34.4 Å². The SMILES string of the molecule is Cc1c(COc2cc(OCc3cncc(C#N)c3)c(CN(C)CCc3nc4ccccc4n3C)cc2Cl)cccc1-c1cccc(OCCCN2CC[C@@H](O)C2)c1C. The number of aryl methyl sites for hydroxylation is 1. The second-order valence-corrected chi connectivity index (χ2v) is 15.6. The summed E-state index contributed by atoms with van der Waals surface area (Å²) in [4.78, 5) is 13.6. The first-order valence-electron chi connectivity index (χ1n) is 19.9. The number of halogens is 1. The minimum atomic E-state index is -0.204. The van der Waals surface area contributed by atoms with Crippen molar-refractivity contribution in [1.29, 1.82) is 5.26 Å². The Labute approximate surface area is 346 Å². The molecule has 6 aromatic rings. The molecule has 0 radical (unpaired) electrons. The molecule has 3 heterocycles. The number of β-amino-alcohol motifs (C(OH)–C–C–N with tert-alkyl or cyclic N) is 1. The Morgan fingerprint density at radius 2 is 1.69 bits per heavy atom. The highest BCUT2D eigenvalue weighted by molar-refractivity contribution is 6.32. The van der Waals surface area contributed by atoms with Gasteiger partial charge in [0, 0.05) is 75.8 Å². The van der Waals surface area contributed by atoms with E-state index in [2.05, 4.69) is 83.7 Å². The van der Waals surface area contributed by atoms with Crippen molar-refractivity contribution < 1.29 is 19.3 Å². The molecule has 0 aliphatic carbocycles. The first-order chi connectivity index (χ1) is 28.2. The molecule has 2 aromatic heterocycles. The molecule has 7 rings (SSSR count). The van der Waals surface area contributed by atoms with E-state index in [1.54, 1.807) is 12.3 Å². The Morgan fingerprint density at radius 1 is 0.897 bits per heavy atom. The maximum Gasteiger partial charge on any atom is 0.142 e. The molecule has 10 nitrogen and oxygen atoms in total. The Balaban J connectivity index is 1.05. The van der Waals surface area contributed by atoms with E-state index < -0.39 is 0 Å². The maximum absolute atomic E-state index is 9.83. The molecule has 0 saturated carbocycles. The van der Waals surface area contributed by atoms with Gasteiger partial charge in [0.1, 0.15) is 42.4 Å². The van der Waals surface area contributed by atoms with Crippen LogP contribution in [0.3, 0.4) is 0 Å². The van der Waals surface area contributed by atoms with Gasteiger partial charge in [0.15, 0.2) is 0 Å². The van der Waals surface area contributed by atoms with E-state index in [1.165, 1.54) is 6.20 Å². The zero-order chi connectivity index (χ0) is 40.6. The van der Waals surface area contributed by atoms with E-state index in [-0.39, 0.29) is 12.7 Å². The summed E-state index contributed by atoms with van der Waals surface area (Å²) >= 11 is 6.96. The Bertz CT molecular complexity index is 2410. The van der Waals surface area contributed by atoms with Crippen LogP contribution in [0.15, 0.2) is 91.3 Å². The van der Waals surface area contributed by atoms with Gasteiger partial charge in [0.2, 0.25) is 0 Å². The van der Waals surface area contributed by atoms with E-state index >= 15 is 0 Å². The monoisotopic (exact) mass is 798 g/mol. The van der Waals surface area contributed by atoms with Crippen molar-refractivity contribution in [3.05, 3.63) is 135 Å². The number of fused-ring (bicyclic) bond motifs is 1. The van der Waals surface area contributed by atoms with Gasteiger partial charge in [-0.3, -0.25) is 4.98 Å². The average Bonchev–Trinajstić information content (AvgIpc) is 3.80. The summed E-state index contributed by atoms with van der Waals surface area (Å²) in [6.45, 7) is 9.37. The minimum Gasteiger partial charge on any atom is -0.493 e. The van der Waals surface area contributed by atoms with Gasteiger partial charge in [-0.05, 0) is 91.9 Å². The topological polar surface area (TPSA) is 109 Å². The molecule has 1 N–H and O–H groups in total. The zero-order valence-corrected chi connectivity index (χ0v) is 34.5. The quantitative estimate of drug-likeness (QED) is 0.0910. The lowest BCUT2D eigenvalue weighted by atomic mass is 9.93. The molecule has 58 heavy (non-hydrogen) atoms. The normalized spacial score (nSPS) is 14.3. The van der Waals surface area contributed by atoms with E-state index in [4.69, 9.17) is 30.8 Å². The first-order valence-corrected chi connectivity index (χ1v) is 20.3. The second-order valence-electron chi connectivity index (χ2n) is 15.2. The fourth-order valence-corrected chi connectivity index (χ4v) is 7.89. The van der Waals surface area contributed by atoms with Gasteiger partial charge in [-0.2, -0.15) is 5.26 Å². The number of ether oxygens (including phenoxy) is 3. The van der Waals surface area contributed by atoms with E-state index in [1.807, 2.05) is 42.5 Å². The van der Waals surface area contributed by atoms with Gasteiger partial charge in [-0.1, -0.05) is 54.1 Å². The van der Waals surface area contributed by atoms with Gasteiger partial charge < -0.3 is 33.7 Å². The van der Waals surface area contributed by atoms with Crippen LogP contribution in [0, 0.1) is 25.2 Å². The van der Waals surface area contributed by atoms with Crippen molar-refractivity contribution in [2.24, 2.45) is 7.05 Å². The standard InChI is InChI=1S/C47H51ClN6O4/c1-32-36(10-7-11-39(32)40-12-8-15-44(33(40)2)56-21-9-18-54-20-16-38(55)29-54)31-58-46-24-45(57-30-35-22-34(25-49)26-50-27-35)37(23-41(46)48)28-52(3)19-17-47-51-42-13-5-6-14-43(42)53(47)4/h5-8,10-15,22-24,26-27,38,55H,9,16-21,28-31H2,1-4H3/t38-/m1/s1. The van der Waals surface area contributed by atoms with Gasteiger partial charge in [0.05, 0.1) is 34.3 Å². The molecule has 1 aliphatic rings. The lowest BCUT2D eigenvalue weighted by Crippen LogP contribution is -2.24. The minimum absolute atomic E-state index is 0.204. The Kier molecular flexibility index (Phi) is 13.3. The van der Waals surface area contributed by atoms with Crippen LogP contribution >= 0.6 is 11.6 Å². The molecular formula is C47H51ClN6O4. The number of likely N-dealkylation sites (tertiary alicyclic amines) is 1. The predicted molar refractivity (Wildman–Crippen MR) is 228 cm³/mol. The fraction of sp³-hybridized carbons (Fsp3) is 0.340. The number of nitriles is 1. The van der Waals surface area contributed by atoms with Gasteiger partial charge >= 0.3 is 0 Å². The van der Waals surface area contributed by atoms with Crippen LogP contribution in [0.4, 0.5) is 0 Å². The number of aliphatic hydroxyl groups is 1. The van der Waals surface area contributed by atoms with E-state index in [9.17, 15) is 10.4 Å². The number of benzene rings is 4. The van der Waals surface area contributed by atoms with Crippen LogP contribution < -0.4 is 14.2 Å². The third-order valence-electron chi connectivity index (χ3n) is 11.0. The van der Waals surface area contributed by atoms with Crippen molar-refractivity contribution in [1.82, 2.24) is 24.3 Å². The molecule has 1 fully saturated rings. The number of hydrogen-bond acceptors (Lipinski definition) is 9. The number of pyridine rings is 1. The number of likely N-dealkylation sites (N-methyl/N-ethyl adjacent to an activating group) is 1. The molecule has 1 aliphatic heterocycles. The molecule has 0 bridgehead atoms. The number of hydrogen-bond donors (Lipinski definition) is 1. The molecule has 0 spiro atoms. The molecule has 0 amide bonds. The van der Waals surface area contributed by atoms with E-state index in [0.29, 0.717) is 41.8 Å². The van der Waals surface area contributed by atoms with Gasteiger partial charge in [-0.25, -0.2) is 4.98 Å². The van der Waals surface area contributed by atoms with Crippen molar-refractivity contribution >= 4 is 22.6 Å². The van der Waals surface area contributed by atoms with Gasteiger partial charge in [0.25, 0.3) is 0 Å². The zero-order valence-electron chi connectivity index (χ0n) is 33.7.